The SMILES string of the molecule is C#CCCOCCOCCNC(C)=O. The third-order valence-electron chi connectivity index (χ3n) is 1.38. The van der Waals surface area contributed by atoms with E-state index in [-0.39, 0.29) is 5.91 Å². The van der Waals surface area contributed by atoms with E-state index < -0.39 is 0 Å². The number of carbonyl (C=O) groups is 1. The fourth-order valence-corrected chi connectivity index (χ4v) is 0.752. The van der Waals surface area contributed by atoms with Crippen LogP contribution in [0.25, 0.3) is 0 Å². The van der Waals surface area contributed by atoms with E-state index in [1.807, 2.05) is 0 Å². The molecule has 4 nitrogen and oxygen atoms in total. The van der Waals surface area contributed by atoms with Crippen molar-refractivity contribution in [1.29, 1.82) is 0 Å². The number of rotatable bonds is 8. The van der Waals surface area contributed by atoms with Crippen LogP contribution in [0.2, 0.25) is 0 Å². The zero-order valence-electron chi connectivity index (χ0n) is 8.54. The van der Waals surface area contributed by atoms with Gasteiger partial charge >= 0.3 is 0 Å². The summed E-state index contributed by atoms with van der Waals surface area (Å²) in [5.74, 6) is 2.44. The first-order chi connectivity index (χ1) is 6.77. The number of hydrogen-bond acceptors (Lipinski definition) is 3. The summed E-state index contributed by atoms with van der Waals surface area (Å²) in [5, 5.41) is 2.63. The van der Waals surface area contributed by atoms with Crippen molar-refractivity contribution in [3.8, 4) is 12.3 Å². The molecule has 1 N–H and O–H groups in total. The van der Waals surface area contributed by atoms with Gasteiger partial charge in [-0.15, -0.1) is 12.3 Å². The number of amides is 1. The normalized spacial score (nSPS) is 9.43. The molecular formula is C10H17NO3. The van der Waals surface area contributed by atoms with E-state index in [0.717, 1.165) is 0 Å². The van der Waals surface area contributed by atoms with Gasteiger partial charge in [0.1, 0.15) is 0 Å². The van der Waals surface area contributed by atoms with Gasteiger partial charge in [0, 0.05) is 19.9 Å². The molecule has 0 unspecified atom stereocenters. The van der Waals surface area contributed by atoms with Gasteiger partial charge in [0.2, 0.25) is 5.91 Å². The minimum atomic E-state index is -0.0427. The molecule has 0 aliphatic heterocycles. The minimum absolute atomic E-state index is 0.0427. The van der Waals surface area contributed by atoms with Crippen LogP contribution in [0, 0.1) is 12.3 Å². The molecule has 1 amide bonds. The zero-order valence-corrected chi connectivity index (χ0v) is 8.54. The molecule has 14 heavy (non-hydrogen) atoms. The number of terminal acetylenes is 1. The Morgan fingerprint density at radius 1 is 1.29 bits per heavy atom. The average Bonchev–Trinajstić information content (AvgIpc) is 2.15. The Morgan fingerprint density at radius 2 is 1.93 bits per heavy atom. The molecule has 0 aromatic heterocycles. The maximum atomic E-state index is 10.4. The highest BCUT2D eigenvalue weighted by Gasteiger charge is 1.91. The van der Waals surface area contributed by atoms with E-state index in [1.54, 1.807) is 0 Å². The van der Waals surface area contributed by atoms with Crippen molar-refractivity contribution >= 4 is 5.91 Å². The van der Waals surface area contributed by atoms with Gasteiger partial charge in [-0.25, -0.2) is 0 Å². The zero-order chi connectivity index (χ0) is 10.6. The molecule has 0 aromatic rings. The van der Waals surface area contributed by atoms with Crippen molar-refractivity contribution in [3.05, 3.63) is 0 Å². The molecule has 4 heteroatoms. The van der Waals surface area contributed by atoms with E-state index in [0.29, 0.717) is 39.4 Å². The van der Waals surface area contributed by atoms with E-state index in [4.69, 9.17) is 15.9 Å². The van der Waals surface area contributed by atoms with Gasteiger partial charge in [-0.2, -0.15) is 0 Å². The Bertz CT molecular complexity index is 186. The lowest BCUT2D eigenvalue weighted by Gasteiger charge is -2.04. The van der Waals surface area contributed by atoms with Crippen LogP contribution < -0.4 is 5.32 Å². The molecule has 0 rings (SSSR count). The van der Waals surface area contributed by atoms with Gasteiger partial charge in [-0.05, 0) is 0 Å². The average molecular weight is 199 g/mol. The molecule has 0 spiro atoms. The Balaban J connectivity index is 2.93. The summed E-state index contributed by atoms with van der Waals surface area (Å²) in [4.78, 5) is 10.4. The van der Waals surface area contributed by atoms with Crippen molar-refractivity contribution in [2.45, 2.75) is 13.3 Å². The third-order valence-corrected chi connectivity index (χ3v) is 1.38. The van der Waals surface area contributed by atoms with E-state index in [1.165, 1.54) is 6.92 Å². The van der Waals surface area contributed by atoms with Crippen molar-refractivity contribution < 1.29 is 14.3 Å². The Morgan fingerprint density at radius 3 is 2.50 bits per heavy atom. The number of hydrogen-bond donors (Lipinski definition) is 1. The molecule has 0 aromatic carbocycles. The summed E-state index contributed by atoms with van der Waals surface area (Å²) >= 11 is 0. The highest BCUT2D eigenvalue weighted by atomic mass is 16.5. The van der Waals surface area contributed by atoms with Crippen LogP contribution in [0.3, 0.4) is 0 Å². The molecule has 0 aliphatic carbocycles. The number of nitrogens with one attached hydrogen (secondary N) is 1. The summed E-state index contributed by atoms with van der Waals surface area (Å²) in [6, 6.07) is 0. The molecule has 0 saturated heterocycles. The van der Waals surface area contributed by atoms with Crippen molar-refractivity contribution in [1.82, 2.24) is 5.32 Å². The smallest absolute Gasteiger partial charge is 0.216 e. The fourth-order valence-electron chi connectivity index (χ4n) is 0.752. The van der Waals surface area contributed by atoms with E-state index in [9.17, 15) is 4.79 Å². The quantitative estimate of drug-likeness (QED) is 0.448. The second-order valence-electron chi connectivity index (χ2n) is 2.66. The first-order valence-corrected chi connectivity index (χ1v) is 4.60. The Kier molecular flexibility index (Phi) is 9.28. The lowest BCUT2D eigenvalue weighted by Crippen LogP contribution is -2.24. The molecule has 0 bridgehead atoms. The molecule has 0 atom stereocenters. The molecule has 0 fully saturated rings. The van der Waals surface area contributed by atoms with Gasteiger partial charge < -0.3 is 14.8 Å². The van der Waals surface area contributed by atoms with Crippen molar-refractivity contribution in [3.63, 3.8) is 0 Å². The van der Waals surface area contributed by atoms with Crippen LogP contribution >= 0.6 is 0 Å². The minimum Gasteiger partial charge on any atom is -0.378 e. The van der Waals surface area contributed by atoms with Crippen LogP contribution in [0.4, 0.5) is 0 Å². The summed E-state index contributed by atoms with van der Waals surface area (Å²) in [6.07, 6.45) is 5.67. The first-order valence-electron chi connectivity index (χ1n) is 4.60. The third kappa shape index (κ3) is 11.0. The maximum absolute atomic E-state index is 10.4. The van der Waals surface area contributed by atoms with Crippen LogP contribution in [-0.2, 0) is 14.3 Å². The van der Waals surface area contributed by atoms with E-state index >= 15 is 0 Å². The molecule has 0 saturated carbocycles. The van der Waals surface area contributed by atoms with Crippen LogP contribution in [0.1, 0.15) is 13.3 Å². The van der Waals surface area contributed by atoms with Gasteiger partial charge in [0.25, 0.3) is 0 Å². The van der Waals surface area contributed by atoms with Gasteiger partial charge in [0.15, 0.2) is 0 Å². The highest BCUT2D eigenvalue weighted by Crippen LogP contribution is 1.81. The Hall–Kier alpha value is -1.05. The van der Waals surface area contributed by atoms with Gasteiger partial charge in [0.05, 0.1) is 26.4 Å². The predicted molar refractivity (Wildman–Crippen MR) is 53.8 cm³/mol. The maximum Gasteiger partial charge on any atom is 0.216 e. The molecule has 0 heterocycles. The monoisotopic (exact) mass is 199 g/mol. The lowest BCUT2D eigenvalue weighted by molar-refractivity contribution is -0.119. The lowest BCUT2D eigenvalue weighted by atomic mass is 10.5. The molecule has 0 aliphatic rings. The standard InChI is InChI=1S/C10H17NO3/c1-3-4-6-13-8-9-14-7-5-11-10(2)12/h1H,4-9H2,2H3,(H,11,12). The second-order valence-corrected chi connectivity index (χ2v) is 2.66. The highest BCUT2D eigenvalue weighted by molar-refractivity contribution is 5.72. The van der Waals surface area contributed by atoms with E-state index in [2.05, 4.69) is 11.2 Å². The van der Waals surface area contributed by atoms with Crippen molar-refractivity contribution in [2.75, 3.05) is 33.0 Å². The summed E-state index contributed by atoms with van der Waals surface area (Å²) in [6.45, 7) is 4.18. The van der Waals surface area contributed by atoms with Crippen LogP contribution in [-0.4, -0.2) is 38.9 Å². The molecular weight excluding hydrogens is 182 g/mol. The van der Waals surface area contributed by atoms with Gasteiger partial charge in [-0.1, -0.05) is 0 Å². The summed E-state index contributed by atoms with van der Waals surface area (Å²) in [5.41, 5.74) is 0. The van der Waals surface area contributed by atoms with Crippen LogP contribution in [0.5, 0.6) is 0 Å². The largest absolute Gasteiger partial charge is 0.378 e. The fraction of sp³-hybridized carbons (Fsp3) is 0.700. The predicted octanol–water partition coefficient (Wildman–Crippen LogP) is 0.179. The number of carbonyl (C=O) groups excluding carboxylic acids is 1. The first kappa shape index (κ1) is 12.9. The van der Waals surface area contributed by atoms with Crippen molar-refractivity contribution in [2.24, 2.45) is 0 Å². The molecule has 80 valence electrons. The summed E-state index contributed by atoms with van der Waals surface area (Å²) in [7, 11) is 0. The Labute approximate surface area is 85.0 Å². The molecule has 0 radical (unpaired) electrons. The van der Waals surface area contributed by atoms with Crippen LogP contribution in [0.15, 0.2) is 0 Å². The van der Waals surface area contributed by atoms with Gasteiger partial charge in [-0.3, -0.25) is 4.79 Å². The number of ether oxygens (including phenoxy) is 2. The summed E-state index contributed by atoms with van der Waals surface area (Å²) < 4.78 is 10.3. The second kappa shape index (κ2) is 10.0. The topological polar surface area (TPSA) is 47.6 Å².